The Balaban J connectivity index is 1.69. The molecule has 1 aromatic rings. The third kappa shape index (κ3) is 4.27. The molecule has 102 valence electrons. The average Bonchev–Trinajstić information content (AvgIpc) is 2.60. The van der Waals surface area contributed by atoms with Crippen molar-refractivity contribution in [2.45, 2.75) is 45.2 Å². The first-order chi connectivity index (χ1) is 8.74. The first-order valence-corrected chi connectivity index (χ1v) is 6.86. The Labute approximate surface area is 108 Å². The van der Waals surface area contributed by atoms with Crippen molar-refractivity contribution < 1.29 is 0 Å². The van der Waals surface area contributed by atoms with Crippen LogP contribution in [0, 0.1) is 0 Å². The SMILES string of the molecule is C[C@@H](CN1CCCCCC1)NCc1nc(N)n[nH]1. The van der Waals surface area contributed by atoms with E-state index in [0.29, 0.717) is 18.5 Å². The van der Waals surface area contributed by atoms with E-state index >= 15 is 0 Å². The normalized spacial score (nSPS) is 19.6. The van der Waals surface area contributed by atoms with E-state index in [-0.39, 0.29) is 0 Å². The largest absolute Gasteiger partial charge is 0.367 e. The molecular weight excluding hydrogens is 228 g/mol. The number of H-pyrrole nitrogens is 1. The number of nitrogens with zero attached hydrogens (tertiary/aromatic N) is 3. The van der Waals surface area contributed by atoms with E-state index < -0.39 is 0 Å². The summed E-state index contributed by atoms with van der Waals surface area (Å²) in [5.74, 6) is 1.11. The maximum atomic E-state index is 5.46. The zero-order valence-corrected chi connectivity index (χ0v) is 11.2. The van der Waals surface area contributed by atoms with Crippen LogP contribution in [0.2, 0.25) is 0 Å². The lowest BCUT2D eigenvalue weighted by Gasteiger charge is -2.24. The first-order valence-electron chi connectivity index (χ1n) is 6.86. The Morgan fingerprint density at radius 2 is 2.06 bits per heavy atom. The number of anilines is 1. The van der Waals surface area contributed by atoms with Gasteiger partial charge in [-0.2, -0.15) is 4.98 Å². The van der Waals surface area contributed by atoms with Gasteiger partial charge in [-0.25, -0.2) is 0 Å². The first kappa shape index (κ1) is 13.3. The van der Waals surface area contributed by atoms with Crippen molar-refractivity contribution in [3.05, 3.63) is 5.82 Å². The molecule has 0 aromatic carbocycles. The lowest BCUT2D eigenvalue weighted by Crippen LogP contribution is -2.39. The van der Waals surface area contributed by atoms with Crippen LogP contribution in [0.5, 0.6) is 0 Å². The van der Waals surface area contributed by atoms with Gasteiger partial charge in [0.1, 0.15) is 5.82 Å². The highest BCUT2D eigenvalue weighted by molar-refractivity contribution is 5.12. The van der Waals surface area contributed by atoms with E-state index in [0.717, 1.165) is 12.4 Å². The fraction of sp³-hybridized carbons (Fsp3) is 0.833. The molecule has 1 aromatic heterocycles. The molecular formula is C12H24N6. The van der Waals surface area contributed by atoms with Gasteiger partial charge >= 0.3 is 0 Å². The number of nitrogens with two attached hydrogens (primary N) is 1. The van der Waals surface area contributed by atoms with Gasteiger partial charge in [0.2, 0.25) is 5.95 Å². The average molecular weight is 252 g/mol. The minimum Gasteiger partial charge on any atom is -0.367 e. The van der Waals surface area contributed by atoms with E-state index in [1.807, 2.05) is 0 Å². The van der Waals surface area contributed by atoms with Gasteiger partial charge < -0.3 is 16.0 Å². The molecule has 1 aliphatic rings. The third-order valence-corrected chi connectivity index (χ3v) is 3.40. The summed E-state index contributed by atoms with van der Waals surface area (Å²) >= 11 is 0. The Morgan fingerprint density at radius 1 is 1.33 bits per heavy atom. The topological polar surface area (TPSA) is 82.9 Å². The van der Waals surface area contributed by atoms with Gasteiger partial charge in [0, 0.05) is 12.6 Å². The smallest absolute Gasteiger partial charge is 0.239 e. The van der Waals surface area contributed by atoms with Crippen molar-refractivity contribution in [3.63, 3.8) is 0 Å². The summed E-state index contributed by atoms with van der Waals surface area (Å²) in [6.45, 7) is 6.48. The molecule has 1 aliphatic heterocycles. The third-order valence-electron chi connectivity index (χ3n) is 3.40. The second-order valence-corrected chi connectivity index (χ2v) is 5.14. The zero-order valence-electron chi connectivity index (χ0n) is 11.2. The maximum Gasteiger partial charge on any atom is 0.239 e. The second kappa shape index (κ2) is 6.70. The van der Waals surface area contributed by atoms with E-state index in [4.69, 9.17) is 5.73 Å². The number of hydrogen-bond donors (Lipinski definition) is 3. The highest BCUT2D eigenvalue weighted by atomic mass is 15.3. The van der Waals surface area contributed by atoms with Crippen LogP contribution in [-0.4, -0.2) is 45.8 Å². The molecule has 0 spiro atoms. The monoisotopic (exact) mass is 252 g/mol. The summed E-state index contributed by atoms with van der Waals surface area (Å²) in [6.07, 6.45) is 5.45. The number of aromatic nitrogens is 3. The van der Waals surface area contributed by atoms with Crippen LogP contribution in [0.25, 0.3) is 0 Å². The van der Waals surface area contributed by atoms with Crippen molar-refractivity contribution >= 4 is 5.95 Å². The van der Waals surface area contributed by atoms with Crippen LogP contribution in [0.1, 0.15) is 38.4 Å². The summed E-state index contributed by atoms with van der Waals surface area (Å²) < 4.78 is 0. The minimum atomic E-state index is 0.312. The number of nitrogen functional groups attached to an aromatic ring is 1. The van der Waals surface area contributed by atoms with Crippen LogP contribution in [-0.2, 0) is 6.54 Å². The summed E-state index contributed by atoms with van der Waals surface area (Å²) in [7, 11) is 0. The van der Waals surface area contributed by atoms with Crippen molar-refractivity contribution in [2.24, 2.45) is 0 Å². The van der Waals surface area contributed by atoms with Gasteiger partial charge in [-0.05, 0) is 32.9 Å². The Bertz CT molecular complexity index is 342. The number of nitrogens with one attached hydrogen (secondary N) is 2. The Kier molecular flexibility index (Phi) is 4.95. The predicted octanol–water partition coefficient (Wildman–Crippen LogP) is 0.741. The molecule has 2 heterocycles. The van der Waals surface area contributed by atoms with Crippen molar-refractivity contribution in [1.82, 2.24) is 25.4 Å². The van der Waals surface area contributed by atoms with Gasteiger partial charge in [-0.1, -0.05) is 12.8 Å². The summed E-state index contributed by atoms with van der Waals surface area (Å²) in [4.78, 5) is 6.63. The number of hydrogen-bond acceptors (Lipinski definition) is 5. The Hall–Kier alpha value is -1.14. The molecule has 0 saturated carbocycles. The predicted molar refractivity (Wildman–Crippen MR) is 72.0 cm³/mol. The quantitative estimate of drug-likeness (QED) is 0.720. The summed E-state index contributed by atoms with van der Waals surface area (Å²) in [6, 6.07) is 0.453. The fourth-order valence-electron chi connectivity index (χ4n) is 2.43. The molecule has 1 saturated heterocycles. The zero-order chi connectivity index (χ0) is 12.8. The molecule has 0 aliphatic carbocycles. The number of aromatic amines is 1. The second-order valence-electron chi connectivity index (χ2n) is 5.14. The van der Waals surface area contributed by atoms with Gasteiger partial charge in [-0.15, -0.1) is 5.10 Å². The van der Waals surface area contributed by atoms with Gasteiger partial charge in [-0.3, -0.25) is 5.10 Å². The maximum absolute atomic E-state index is 5.46. The van der Waals surface area contributed by atoms with Crippen molar-refractivity contribution in [2.75, 3.05) is 25.4 Å². The van der Waals surface area contributed by atoms with Gasteiger partial charge in [0.25, 0.3) is 0 Å². The molecule has 0 bridgehead atoms. The molecule has 1 atom stereocenters. The van der Waals surface area contributed by atoms with Gasteiger partial charge in [0.05, 0.1) is 6.54 Å². The van der Waals surface area contributed by atoms with Crippen LogP contribution in [0.3, 0.4) is 0 Å². The minimum absolute atomic E-state index is 0.312. The molecule has 4 N–H and O–H groups in total. The standard InChI is InChI=1S/C12H24N6/c1-10(9-18-6-4-2-3-5-7-18)14-8-11-15-12(13)17-16-11/h10,14H,2-9H2,1H3,(H3,13,15,16,17)/t10-/m0/s1. The van der Waals surface area contributed by atoms with E-state index in [1.165, 1.54) is 38.8 Å². The van der Waals surface area contributed by atoms with Gasteiger partial charge in [0.15, 0.2) is 0 Å². The molecule has 0 radical (unpaired) electrons. The number of likely N-dealkylation sites (tertiary alicyclic amines) is 1. The molecule has 6 heteroatoms. The van der Waals surface area contributed by atoms with E-state index in [9.17, 15) is 0 Å². The van der Waals surface area contributed by atoms with E-state index in [1.54, 1.807) is 0 Å². The Morgan fingerprint density at radius 3 is 2.67 bits per heavy atom. The van der Waals surface area contributed by atoms with Crippen molar-refractivity contribution in [3.8, 4) is 0 Å². The van der Waals surface area contributed by atoms with E-state index in [2.05, 4.69) is 32.3 Å². The fourth-order valence-corrected chi connectivity index (χ4v) is 2.43. The van der Waals surface area contributed by atoms with Crippen LogP contribution < -0.4 is 11.1 Å². The molecule has 0 unspecified atom stereocenters. The molecule has 0 amide bonds. The molecule has 18 heavy (non-hydrogen) atoms. The molecule has 1 fully saturated rings. The van der Waals surface area contributed by atoms with Crippen LogP contribution in [0.4, 0.5) is 5.95 Å². The molecule has 2 rings (SSSR count). The highest BCUT2D eigenvalue weighted by Gasteiger charge is 2.12. The van der Waals surface area contributed by atoms with Crippen LogP contribution >= 0.6 is 0 Å². The van der Waals surface area contributed by atoms with Crippen molar-refractivity contribution in [1.29, 1.82) is 0 Å². The summed E-state index contributed by atoms with van der Waals surface area (Å²) in [5.41, 5.74) is 5.46. The number of rotatable bonds is 5. The highest BCUT2D eigenvalue weighted by Crippen LogP contribution is 2.09. The molecule has 6 nitrogen and oxygen atoms in total. The van der Waals surface area contributed by atoms with Crippen LogP contribution in [0.15, 0.2) is 0 Å². The lowest BCUT2D eigenvalue weighted by molar-refractivity contribution is 0.255. The summed E-state index contributed by atoms with van der Waals surface area (Å²) in [5, 5.41) is 10.1. The lowest BCUT2D eigenvalue weighted by atomic mass is 10.2.